The lowest BCUT2D eigenvalue weighted by molar-refractivity contribution is -0.0224. The van der Waals surface area contributed by atoms with E-state index in [1.807, 2.05) is 0 Å². The van der Waals surface area contributed by atoms with E-state index in [1.165, 1.54) is 27.6 Å². The van der Waals surface area contributed by atoms with Crippen LogP contribution in [-0.2, 0) is 13.0 Å². The van der Waals surface area contributed by atoms with E-state index in [0.717, 1.165) is 63.6 Å². The first-order valence-electron chi connectivity index (χ1n) is 14.7. The van der Waals surface area contributed by atoms with Crippen LogP contribution in [0.15, 0.2) is 36.4 Å². The van der Waals surface area contributed by atoms with Crippen LogP contribution in [0.2, 0.25) is 0 Å². The molecular weight excluding hydrogens is 498 g/mol. The molecule has 4 heterocycles. The van der Waals surface area contributed by atoms with Crippen LogP contribution >= 0.6 is 0 Å². The molecule has 8 heteroatoms. The van der Waals surface area contributed by atoms with Crippen molar-refractivity contribution >= 4 is 22.3 Å². The van der Waals surface area contributed by atoms with Crippen molar-refractivity contribution in [3.63, 3.8) is 0 Å². The van der Waals surface area contributed by atoms with Gasteiger partial charge in [-0.1, -0.05) is 30.3 Å². The SMILES string of the molecule is Cc1cccc2cccc(N3CCc4c(nc(OCC5CCN5C(C)(C)C)nc4N4CCN[C@@H](CC#N)C4)C3)c12. The highest BCUT2D eigenvalue weighted by atomic mass is 16.5. The fourth-order valence-electron chi connectivity index (χ4n) is 6.62. The van der Waals surface area contributed by atoms with E-state index in [1.54, 1.807) is 0 Å². The number of piperazine rings is 1. The molecule has 2 fully saturated rings. The highest BCUT2D eigenvalue weighted by Gasteiger charge is 2.37. The number of anilines is 2. The summed E-state index contributed by atoms with van der Waals surface area (Å²) in [5.74, 6) is 0.986. The lowest BCUT2D eigenvalue weighted by atomic mass is 9.94. The number of rotatable bonds is 6. The van der Waals surface area contributed by atoms with Gasteiger partial charge in [-0.3, -0.25) is 4.90 Å². The van der Waals surface area contributed by atoms with Gasteiger partial charge in [-0.15, -0.1) is 0 Å². The third-order valence-corrected chi connectivity index (χ3v) is 8.76. The number of ether oxygens (including phenoxy) is 1. The number of aromatic nitrogens is 2. The zero-order valence-electron chi connectivity index (χ0n) is 24.3. The van der Waals surface area contributed by atoms with E-state index < -0.39 is 0 Å². The predicted molar refractivity (Wildman–Crippen MR) is 160 cm³/mol. The van der Waals surface area contributed by atoms with Crippen molar-refractivity contribution in [3.8, 4) is 12.1 Å². The van der Waals surface area contributed by atoms with Crippen LogP contribution in [-0.4, -0.2) is 71.8 Å². The summed E-state index contributed by atoms with van der Waals surface area (Å²) < 4.78 is 6.36. The van der Waals surface area contributed by atoms with E-state index in [4.69, 9.17) is 14.7 Å². The minimum atomic E-state index is 0.127. The van der Waals surface area contributed by atoms with Gasteiger partial charge in [-0.05, 0) is 57.6 Å². The van der Waals surface area contributed by atoms with Crippen LogP contribution in [0.3, 0.4) is 0 Å². The average Bonchev–Trinajstić information content (AvgIpc) is 2.91. The Hall–Kier alpha value is -3.41. The molecule has 0 bridgehead atoms. The summed E-state index contributed by atoms with van der Waals surface area (Å²) in [5, 5.41) is 15.4. The van der Waals surface area contributed by atoms with Crippen molar-refractivity contribution in [2.45, 2.75) is 71.1 Å². The summed E-state index contributed by atoms with van der Waals surface area (Å²) in [6.45, 7) is 14.8. The summed E-state index contributed by atoms with van der Waals surface area (Å²) in [5.41, 5.74) is 4.95. The molecule has 210 valence electrons. The number of benzene rings is 2. The summed E-state index contributed by atoms with van der Waals surface area (Å²) in [6, 6.07) is 16.4. The number of hydrogen-bond donors (Lipinski definition) is 1. The van der Waals surface area contributed by atoms with Gasteiger partial charge in [0.05, 0.1) is 24.7 Å². The molecule has 0 spiro atoms. The third-order valence-electron chi connectivity index (χ3n) is 8.76. The number of hydrogen-bond acceptors (Lipinski definition) is 8. The summed E-state index contributed by atoms with van der Waals surface area (Å²) >= 11 is 0. The highest BCUT2D eigenvalue weighted by Crippen LogP contribution is 2.36. The van der Waals surface area contributed by atoms with E-state index in [-0.39, 0.29) is 11.6 Å². The van der Waals surface area contributed by atoms with Gasteiger partial charge in [0.2, 0.25) is 0 Å². The Labute approximate surface area is 237 Å². The first-order valence-corrected chi connectivity index (χ1v) is 14.7. The van der Waals surface area contributed by atoms with E-state index >= 15 is 0 Å². The Morgan fingerprint density at radius 1 is 1.07 bits per heavy atom. The van der Waals surface area contributed by atoms with Gasteiger partial charge in [0.25, 0.3) is 0 Å². The Morgan fingerprint density at radius 3 is 2.65 bits per heavy atom. The van der Waals surface area contributed by atoms with Gasteiger partial charge < -0.3 is 19.9 Å². The Bertz CT molecular complexity index is 1420. The summed E-state index contributed by atoms with van der Waals surface area (Å²) in [6.07, 6.45) is 2.50. The minimum absolute atomic E-state index is 0.127. The van der Waals surface area contributed by atoms with E-state index in [0.29, 0.717) is 25.1 Å². The molecule has 0 saturated carbocycles. The summed E-state index contributed by atoms with van der Waals surface area (Å²) in [4.78, 5) is 17.4. The molecule has 2 saturated heterocycles. The number of nitriles is 1. The molecule has 0 amide bonds. The van der Waals surface area contributed by atoms with Gasteiger partial charge in [-0.25, -0.2) is 0 Å². The number of nitrogens with one attached hydrogen (secondary N) is 1. The molecule has 6 rings (SSSR count). The van der Waals surface area contributed by atoms with Crippen molar-refractivity contribution in [1.82, 2.24) is 20.2 Å². The third kappa shape index (κ3) is 5.21. The second-order valence-electron chi connectivity index (χ2n) is 12.5. The lowest BCUT2D eigenvalue weighted by Gasteiger charge is -2.49. The number of nitrogens with zero attached hydrogens (tertiary/aromatic N) is 6. The van der Waals surface area contributed by atoms with Crippen molar-refractivity contribution < 1.29 is 4.74 Å². The van der Waals surface area contributed by atoms with Crippen molar-refractivity contribution in [2.24, 2.45) is 0 Å². The highest BCUT2D eigenvalue weighted by molar-refractivity contribution is 5.97. The van der Waals surface area contributed by atoms with E-state index in [9.17, 15) is 5.26 Å². The number of fused-ring (bicyclic) bond motifs is 2. The van der Waals surface area contributed by atoms with Crippen molar-refractivity contribution in [2.75, 3.05) is 49.1 Å². The molecule has 1 unspecified atom stereocenters. The van der Waals surface area contributed by atoms with Crippen LogP contribution in [0.1, 0.15) is 50.4 Å². The first kappa shape index (κ1) is 26.8. The van der Waals surface area contributed by atoms with Crippen LogP contribution in [0, 0.1) is 18.3 Å². The maximum absolute atomic E-state index is 9.31. The van der Waals surface area contributed by atoms with Gasteiger partial charge in [-0.2, -0.15) is 15.2 Å². The van der Waals surface area contributed by atoms with Crippen molar-refractivity contribution in [3.05, 3.63) is 53.2 Å². The molecule has 40 heavy (non-hydrogen) atoms. The molecule has 1 N–H and O–H groups in total. The standard InChI is InChI=1S/C32H41N7O/c1-22-7-5-8-23-9-6-10-28(29(22)23)37-16-13-26-27(20-37)35-31(40-21-25-12-17-39(25)32(2,3)4)36-30(26)38-18-15-34-24(19-38)11-14-33/h5-10,24-25,34H,11-13,15-21H2,1-4H3/t24-,25?/m0/s1. The monoisotopic (exact) mass is 539 g/mol. The molecule has 2 atom stereocenters. The minimum Gasteiger partial charge on any atom is -0.462 e. The van der Waals surface area contributed by atoms with Gasteiger partial charge >= 0.3 is 6.01 Å². The lowest BCUT2D eigenvalue weighted by Crippen LogP contribution is -2.59. The maximum atomic E-state index is 9.31. The van der Waals surface area contributed by atoms with Gasteiger partial charge in [0.1, 0.15) is 12.4 Å². The predicted octanol–water partition coefficient (Wildman–Crippen LogP) is 4.44. The quantitative estimate of drug-likeness (QED) is 0.492. The second kappa shape index (κ2) is 10.9. The first-order chi connectivity index (χ1) is 19.3. The molecule has 3 aromatic rings. The van der Waals surface area contributed by atoms with Crippen molar-refractivity contribution in [1.29, 1.82) is 5.26 Å². The van der Waals surface area contributed by atoms with Crippen LogP contribution in [0.4, 0.5) is 11.5 Å². The molecule has 8 nitrogen and oxygen atoms in total. The van der Waals surface area contributed by atoms with Crippen LogP contribution in [0.5, 0.6) is 6.01 Å². The second-order valence-corrected chi connectivity index (χ2v) is 12.5. The Kier molecular flexibility index (Phi) is 7.28. The number of aryl methyl sites for hydroxylation is 1. The molecule has 3 aliphatic rings. The zero-order valence-corrected chi connectivity index (χ0v) is 24.3. The number of likely N-dealkylation sites (tertiary alicyclic amines) is 1. The molecular formula is C32H41N7O. The molecule has 2 aromatic carbocycles. The molecule has 0 radical (unpaired) electrons. The largest absolute Gasteiger partial charge is 0.462 e. The smallest absolute Gasteiger partial charge is 0.318 e. The average molecular weight is 540 g/mol. The van der Waals surface area contributed by atoms with Crippen LogP contribution in [0.25, 0.3) is 10.8 Å². The van der Waals surface area contributed by atoms with Crippen LogP contribution < -0.4 is 19.9 Å². The summed E-state index contributed by atoms with van der Waals surface area (Å²) in [7, 11) is 0. The fourth-order valence-corrected chi connectivity index (χ4v) is 6.62. The topological polar surface area (TPSA) is 80.6 Å². The van der Waals surface area contributed by atoms with E-state index in [2.05, 4.69) is 90.2 Å². The Morgan fingerprint density at radius 2 is 1.90 bits per heavy atom. The van der Waals surface area contributed by atoms with Gasteiger partial charge in [0.15, 0.2) is 0 Å². The van der Waals surface area contributed by atoms with Gasteiger partial charge in [0, 0.05) is 67.0 Å². The molecule has 1 aromatic heterocycles. The maximum Gasteiger partial charge on any atom is 0.318 e. The normalized spacial score (nSPS) is 21.6. The Balaban J connectivity index is 1.32. The zero-order chi connectivity index (χ0) is 27.9. The fraction of sp³-hybridized carbons (Fsp3) is 0.531. The molecule has 3 aliphatic heterocycles. The molecule has 0 aliphatic carbocycles.